The van der Waals surface area contributed by atoms with Crippen LogP contribution in [0.25, 0.3) is 0 Å². The summed E-state index contributed by atoms with van der Waals surface area (Å²) in [5.41, 5.74) is 0. The van der Waals surface area contributed by atoms with Gasteiger partial charge in [0.05, 0.1) is 0 Å². The second-order valence-electron chi connectivity index (χ2n) is 6.47. The van der Waals surface area contributed by atoms with Gasteiger partial charge in [-0.05, 0) is 65.1 Å². The second-order valence-corrected chi connectivity index (χ2v) is 6.47. The third-order valence-electron chi connectivity index (χ3n) is 4.35. The number of hydrogen-bond acceptors (Lipinski definition) is 2. The predicted octanol–water partition coefficient (Wildman–Crippen LogP) is 2.32. The second kappa shape index (κ2) is 9.22. The lowest BCUT2D eigenvalue weighted by Gasteiger charge is -2.28. The van der Waals surface area contributed by atoms with Crippen LogP contribution in [-0.4, -0.2) is 50.1 Å². The van der Waals surface area contributed by atoms with E-state index in [1.807, 2.05) is 0 Å². The maximum atomic E-state index is 4.73. The van der Waals surface area contributed by atoms with Crippen LogP contribution in [0.15, 0.2) is 4.99 Å². The van der Waals surface area contributed by atoms with E-state index in [-0.39, 0.29) is 0 Å². The van der Waals surface area contributed by atoms with Crippen molar-refractivity contribution >= 4 is 5.96 Å². The van der Waals surface area contributed by atoms with Crippen molar-refractivity contribution in [2.24, 2.45) is 16.8 Å². The van der Waals surface area contributed by atoms with E-state index in [1.54, 1.807) is 0 Å². The van der Waals surface area contributed by atoms with Crippen LogP contribution in [0.5, 0.6) is 0 Å². The molecule has 118 valence electrons. The molecule has 4 heteroatoms. The van der Waals surface area contributed by atoms with E-state index >= 15 is 0 Å². The molecule has 0 aliphatic carbocycles. The van der Waals surface area contributed by atoms with Crippen molar-refractivity contribution in [3.8, 4) is 0 Å². The van der Waals surface area contributed by atoms with Gasteiger partial charge >= 0.3 is 0 Å². The molecule has 0 radical (unpaired) electrons. The minimum Gasteiger partial charge on any atom is -0.357 e. The molecule has 1 atom stereocenters. The van der Waals surface area contributed by atoms with Gasteiger partial charge in [0, 0.05) is 19.1 Å². The molecule has 20 heavy (non-hydrogen) atoms. The molecular weight excluding hydrogens is 248 g/mol. The van der Waals surface area contributed by atoms with Gasteiger partial charge in [0.15, 0.2) is 5.96 Å². The Hall–Kier alpha value is -0.770. The average Bonchev–Trinajstić information content (AvgIpc) is 2.41. The zero-order chi connectivity index (χ0) is 15.0. The number of piperidine rings is 1. The Labute approximate surface area is 125 Å². The molecule has 0 aromatic carbocycles. The Kier molecular flexibility index (Phi) is 7.97. The molecule has 1 unspecified atom stereocenters. The van der Waals surface area contributed by atoms with E-state index in [9.17, 15) is 0 Å². The number of rotatable bonds is 6. The normalized spacial score (nSPS) is 20.2. The highest BCUT2D eigenvalue weighted by Crippen LogP contribution is 2.19. The standard InChI is InChI=1S/C16H34N4/c1-6-17-16(19-14(4)13(2)3)18-10-7-15-8-11-20(5)12-9-15/h13-15H,6-12H2,1-5H3,(H2,17,18,19). The van der Waals surface area contributed by atoms with Gasteiger partial charge in [-0.1, -0.05) is 13.8 Å². The van der Waals surface area contributed by atoms with Crippen LogP contribution in [-0.2, 0) is 0 Å². The Morgan fingerprint density at radius 2 is 1.90 bits per heavy atom. The van der Waals surface area contributed by atoms with E-state index in [0.29, 0.717) is 12.0 Å². The van der Waals surface area contributed by atoms with Crippen molar-refractivity contribution < 1.29 is 0 Å². The van der Waals surface area contributed by atoms with Crippen LogP contribution in [0, 0.1) is 11.8 Å². The van der Waals surface area contributed by atoms with E-state index in [2.05, 4.69) is 50.3 Å². The molecule has 1 aliphatic rings. The van der Waals surface area contributed by atoms with Crippen LogP contribution in [0.4, 0.5) is 0 Å². The van der Waals surface area contributed by atoms with Crippen molar-refractivity contribution in [1.82, 2.24) is 15.5 Å². The predicted molar refractivity (Wildman–Crippen MR) is 88.3 cm³/mol. The molecule has 0 spiro atoms. The van der Waals surface area contributed by atoms with E-state index in [4.69, 9.17) is 4.99 Å². The SMILES string of the molecule is CCNC(=NCCC1CCN(C)CC1)NC(C)C(C)C. The number of aliphatic imine (C=N–C) groups is 1. The Morgan fingerprint density at radius 3 is 2.45 bits per heavy atom. The fourth-order valence-electron chi connectivity index (χ4n) is 2.41. The van der Waals surface area contributed by atoms with Crippen molar-refractivity contribution in [1.29, 1.82) is 0 Å². The van der Waals surface area contributed by atoms with Crippen molar-refractivity contribution in [3.63, 3.8) is 0 Å². The first-order chi connectivity index (χ1) is 9.52. The van der Waals surface area contributed by atoms with Crippen LogP contribution in [0.2, 0.25) is 0 Å². The largest absolute Gasteiger partial charge is 0.357 e. The highest BCUT2D eigenvalue weighted by atomic mass is 15.2. The van der Waals surface area contributed by atoms with Crippen LogP contribution < -0.4 is 10.6 Å². The van der Waals surface area contributed by atoms with Gasteiger partial charge in [0.1, 0.15) is 0 Å². The summed E-state index contributed by atoms with van der Waals surface area (Å²) < 4.78 is 0. The molecule has 1 heterocycles. The van der Waals surface area contributed by atoms with Gasteiger partial charge in [-0.25, -0.2) is 0 Å². The highest BCUT2D eigenvalue weighted by molar-refractivity contribution is 5.80. The van der Waals surface area contributed by atoms with Gasteiger partial charge < -0.3 is 15.5 Å². The third-order valence-corrected chi connectivity index (χ3v) is 4.35. The number of nitrogens with zero attached hydrogens (tertiary/aromatic N) is 2. The van der Waals surface area contributed by atoms with Crippen LogP contribution in [0.1, 0.15) is 47.0 Å². The van der Waals surface area contributed by atoms with Gasteiger partial charge in [0.2, 0.25) is 0 Å². The minimum absolute atomic E-state index is 0.455. The third kappa shape index (κ3) is 6.60. The lowest BCUT2D eigenvalue weighted by Crippen LogP contribution is -2.44. The molecule has 0 saturated carbocycles. The topological polar surface area (TPSA) is 39.7 Å². The molecule has 2 N–H and O–H groups in total. The highest BCUT2D eigenvalue weighted by Gasteiger charge is 2.16. The average molecular weight is 282 g/mol. The molecule has 0 bridgehead atoms. The molecule has 0 aromatic heterocycles. The fraction of sp³-hybridized carbons (Fsp3) is 0.938. The lowest BCUT2D eigenvalue weighted by molar-refractivity contribution is 0.214. The summed E-state index contributed by atoms with van der Waals surface area (Å²) in [5, 5.41) is 6.84. The van der Waals surface area contributed by atoms with E-state index < -0.39 is 0 Å². The van der Waals surface area contributed by atoms with Gasteiger partial charge in [-0.3, -0.25) is 4.99 Å². The minimum atomic E-state index is 0.455. The first kappa shape index (κ1) is 17.3. The maximum absolute atomic E-state index is 4.73. The van der Waals surface area contributed by atoms with Crippen LogP contribution >= 0.6 is 0 Å². The Balaban J connectivity index is 2.34. The number of hydrogen-bond donors (Lipinski definition) is 2. The first-order valence-electron chi connectivity index (χ1n) is 8.26. The summed E-state index contributed by atoms with van der Waals surface area (Å²) in [5.74, 6) is 2.45. The molecule has 1 aliphatic heterocycles. The van der Waals surface area contributed by atoms with Crippen molar-refractivity contribution in [3.05, 3.63) is 0 Å². The quantitative estimate of drug-likeness (QED) is 0.580. The fourth-order valence-corrected chi connectivity index (χ4v) is 2.41. The molecule has 1 saturated heterocycles. The van der Waals surface area contributed by atoms with E-state index in [1.165, 1.54) is 32.4 Å². The molecule has 0 aromatic rings. The summed E-state index contributed by atoms with van der Waals surface area (Å²) in [6.07, 6.45) is 3.89. The Morgan fingerprint density at radius 1 is 1.25 bits per heavy atom. The van der Waals surface area contributed by atoms with Crippen molar-refractivity contribution in [2.45, 2.75) is 53.0 Å². The lowest BCUT2D eigenvalue weighted by atomic mass is 9.94. The van der Waals surface area contributed by atoms with Gasteiger partial charge in [-0.15, -0.1) is 0 Å². The van der Waals surface area contributed by atoms with Gasteiger partial charge in [-0.2, -0.15) is 0 Å². The molecular formula is C16H34N4. The summed E-state index contributed by atoms with van der Waals surface area (Å²) >= 11 is 0. The first-order valence-corrected chi connectivity index (χ1v) is 8.26. The van der Waals surface area contributed by atoms with Crippen LogP contribution in [0.3, 0.4) is 0 Å². The molecule has 0 amide bonds. The van der Waals surface area contributed by atoms with E-state index in [0.717, 1.165) is 25.0 Å². The number of nitrogens with one attached hydrogen (secondary N) is 2. The monoisotopic (exact) mass is 282 g/mol. The molecule has 4 nitrogen and oxygen atoms in total. The summed E-state index contributed by atoms with van der Waals surface area (Å²) in [4.78, 5) is 7.16. The maximum Gasteiger partial charge on any atom is 0.191 e. The number of guanidine groups is 1. The smallest absolute Gasteiger partial charge is 0.191 e. The zero-order valence-corrected chi connectivity index (χ0v) is 14.1. The summed E-state index contributed by atoms with van der Waals surface area (Å²) in [6.45, 7) is 13.2. The molecule has 1 fully saturated rings. The Bertz CT molecular complexity index is 280. The summed E-state index contributed by atoms with van der Waals surface area (Å²) in [6, 6.07) is 0.455. The summed E-state index contributed by atoms with van der Waals surface area (Å²) in [7, 11) is 2.22. The van der Waals surface area contributed by atoms with Crippen molar-refractivity contribution in [2.75, 3.05) is 33.2 Å². The molecule has 1 rings (SSSR count). The number of likely N-dealkylation sites (tertiary alicyclic amines) is 1. The zero-order valence-electron chi connectivity index (χ0n) is 14.1. The van der Waals surface area contributed by atoms with Gasteiger partial charge in [0.25, 0.3) is 0 Å².